The molecule has 4 rings (SSSR count). The summed E-state index contributed by atoms with van der Waals surface area (Å²) in [6, 6.07) is 4.82. The van der Waals surface area contributed by atoms with E-state index in [4.69, 9.17) is 4.42 Å². The third-order valence-corrected chi connectivity index (χ3v) is 8.48. The molecular formula is C21H29N3O5S. The number of oxazole rings is 1. The minimum Gasteiger partial charge on any atom is -0.408 e. The van der Waals surface area contributed by atoms with Gasteiger partial charge in [-0.2, -0.15) is 4.31 Å². The van der Waals surface area contributed by atoms with Crippen molar-refractivity contribution in [2.24, 2.45) is 13.0 Å². The zero-order valence-corrected chi connectivity index (χ0v) is 18.4. The molecule has 3 heterocycles. The Kier molecular flexibility index (Phi) is 5.76. The molecule has 0 radical (unpaired) electrons. The van der Waals surface area contributed by atoms with Crippen LogP contribution in [-0.4, -0.2) is 53.8 Å². The maximum atomic E-state index is 13.1. The Bertz CT molecular complexity index is 1100. The molecule has 0 bridgehead atoms. The molecule has 9 heteroatoms. The number of likely N-dealkylation sites (tertiary alicyclic amines) is 1. The van der Waals surface area contributed by atoms with E-state index in [0.717, 1.165) is 25.8 Å². The van der Waals surface area contributed by atoms with Gasteiger partial charge < -0.3 is 9.32 Å². The van der Waals surface area contributed by atoms with Crippen molar-refractivity contribution >= 4 is 27.0 Å². The standard InChI is InChI=1S/C21H29N3O5S/c1-3-16-6-4-5-11-24(16)20(25)15-9-12-23(13-10-15)30(27,28)17-7-8-18-19(14-17)29-21(26)22(18)2/h7-8,14-16H,3-6,9-13H2,1-2H3/t16-/m0/s1. The summed E-state index contributed by atoms with van der Waals surface area (Å²) in [6.45, 7) is 3.58. The Balaban J connectivity index is 1.46. The van der Waals surface area contributed by atoms with Crippen LogP contribution in [0.2, 0.25) is 0 Å². The SMILES string of the molecule is CC[C@H]1CCCCN1C(=O)C1CCN(S(=O)(=O)c2ccc3c(c2)oc(=O)n3C)CC1. The highest BCUT2D eigenvalue weighted by atomic mass is 32.2. The summed E-state index contributed by atoms with van der Waals surface area (Å²) in [5.41, 5.74) is 0.805. The summed E-state index contributed by atoms with van der Waals surface area (Å²) in [5.74, 6) is -0.453. The van der Waals surface area contributed by atoms with E-state index in [1.807, 2.05) is 4.90 Å². The van der Waals surface area contributed by atoms with Gasteiger partial charge in [-0.05, 0) is 50.7 Å². The Morgan fingerprint density at radius 3 is 2.57 bits per heavy atom. The second-order valence-corrected chi connectivity index (χ2v) is 10.3. The van der Waals surface area contributed by atoms with Crippen LogP contribution in [0, 0.1) is 5.92 Å². The van der Waals surface area contributed by atoms with Crippen molar-refractivity contribution in [2.45, 2.75) is 56.4 Å². The Morgan fingerprint density at radius 1 is 1.13 bits per heavy atom. The maximum Gasteiger partial charge on any atom is 0.419 e. The van der Waals surface area contributed by atoms with Crippen molar-refractivity contribution in [3.63, 3.8) is 0 Å². The number of aromatic nitrogens is 1. The van der Waals surface area contributed by atoms with Gasteiger partial charge in [0.05, 0.1) is 10.4 Å². The highest BCUT2D eigenvalue weighted by molar-refractivity contribution is 7.89. The number of hydrogen-bond donors (Lipinski definition) is 0. The molecule has 0 aliphatic carbocycles. The predicted molar refractivity (Wildman–Crippen MR) is 113 cm³/mol. The predicted octanol–water partition coefficient (Wildman–Crippen LogP) is 2.32. The zero-order valence-electron chi connectivity index (χ0n) is 17.5. The van der Waals surface area contributed by atoms with Gasteiger partial charge in [0.25, 0.3) is 0 Å². The summed E-state index contributed by atoms with van der Waals surface area (Å²) in [6.07, 6.45) is 5.32. The highest BCUT2D eigenvalue weighted by Crippen LogP contribution is 2.29. The van der Waals surface area contributed by atoms with Crippen LogP contribution < -0.4 is 5.76 Å². The highest BCUT2D eigenvalue weighted by Gasteiger charge is 2.36. The number of piperidine rings is 2. The monoisotopic (exact) mass is 435 g/mol. The molecule has 1 aromatic heterocycles. The number of carbonyl (C=O) groups excluding carboxylic acids is 1. The summed E-state index contributed by atoms with van der Waals surface area (Å²) in [5, 5.41) is 0. The number of sulfonamides is 1. The number of nitrogens with zero attached hydrogens (tertiary/aromatic N) is 3. The molecule has 164 valence electrons. The van der Waals surface area contributed by atoms with Crippen LogP contribution in [0.15, 0.2) is 32.3 Å². The molecule has 0 unspecified atom stereocenters. The van der Waals surface area contributed by atoms with Crippen LogP contribution in [0.3, 0.4) is 0 Å². The minimum atomic E-state index is -3.71. The Labute approximate surface area is 176 Å². The summed E-state index contributed by atoms with van der Waals surface area (Å²) in [4.78, 5) is 26.9. The van der Waals surface area contributed by atoms with E-state index < -0.39 is 15.8 Å². The van der Waals surface area contributed by atoms with Crippen LogP contribution in [0.4, 0.5) is 0 Å². The van der Waals surface area contributed by atoms with Gasteiger partial charge in [-0.3, -0.25) is 9.36 Å². The molecule has 30 heavy (non-hydrogen) atoms. The number of rotatable bonds is 4. The first-order valence-corrected chi connectivity index (χ1v) is 12.2. The molecule has 0 saturated carbocycles. The molecule has 1 atom stereocenters. The van der Waals surface area contributed by atoms with Crippen LogP contribution in [0.25, 0.3) is 11.1 Å². The third kappa shape index (κ3) is 3.69. The zero-order chi connectivity index (χ0) is 21.5. The third-order valence-electron chi connectivity index (χ3n) is 6.59. The lowest BCUT2D eigenvalue weighted by Gasteiger charge is -2.39. The van der Waals surface area contributed by atoms with E-state index >= 15 is 0 Å². The minimum absolute atomic E-state index is 0.108. The lowest BCUT2D eigenvalue weighted by Crippen LogP contribution is -2.49. The average molecular weight is 436 g/mol. The van der Waals surface area contributed by atoms with Crippen molar-refractivity contribution in [1.82, 2.24) is 13.8 Å². The molecule has 1 aromatic carbocycles. The van der Waals surface area contributed by atoms with Crippen molar-refractivity contribution in [3.05, 3.63) is 28.7 Å². The number of carbonyl (C=O) groups is 1. The van der Waals surface area contributed by atoms with Crippen molar-refractivity contribution in [2.75, 3.05) is 19.6 Å². The molecule has 2 aliphatic rings. The molecule has 0 spiro atoms. The lowest BCUT2D eigenvalue weighted by atomic mass is 9.92. The molecule has 2 aromatic rings. The smallest absolute Gasteiger partial charge is 0.408 e. The lowest BCUT2D eigenvalue weighted by molar-refractivity contribution is -0.140. The maximum absolute atomic E-state index is 13.1. The van der Waals surface area contributed by atoms with Gasteiger partial charge >= 0.3 is 5.76 Å². The van der Waals surface area contributed by atoms with E-state index in [1.165, 1.54) is 27.4 Å². The normalized spacial score (nSPS) is 21.9. The fraction of sp³-hybridized carbons (Fsp3) is 0.619. The van der Waals surface area contributed by atoms with E-state index in [-0.39, 0.29) is 22.3 Å². The van der Waals surface area contributed by atoms with Gasteiger partial charge in [0, 0.05) is 44.7 Å². The van der Waals surface area contributed by atoms with Gasteiger partial charge in [-0.25, -0.2) is 13.2 Å². The molecule has 2 aliphatic heterocycles. The number of aryl methyl sites for hydroxylation is 1. The first-order valence-electron chi connectivity index (χ1n) is 10.7. The first kappa shape index (κ1) is 21.1. The van der Waals surface area contributed by atoms with Crippen LogP contribution >= 0.6 is 0 Å². The van der Waals surface area contributed by atoms with E-state index in [0.29, 0.717) is 37.5 Å². The van der Waals surface area contributed by atoms with Crippen molar-refractivity contribution in [1.29, 1.82) is 0 Å². The van der Waals surface area contributed by atoms with Gasteiger partial charge in [-0.15, -0.1) is 0 Å². The number of hydrogen-bond acceptors (Lipinski definition) is 5. The van der Waals surface area contributed by atoms with Gasteiger partial charge in [-0.1, -0.05) is 6.92 Å². The van der Waals surface area contributed by atoms with Gasteiger partial charge in [0.2, 0.25) is 15.9 Å². The average Bonchev–Trinajstić information content (AvgIpc) is 3.06. The number of amides is 1. The molecular weight excluding hydrogens is 406 g/mol. The summed E-state index contributed by atoms with van der Waals surface area (Å²) >= 11 is 0. The van der Waals surface area contributed by atoms with E-state index in [2.05, 4.69) is 6.92 Å². The van der Waals surface area contributed by atoms with Crippen LogP contribution in [0.1, 0.15) is 45.4 Å². The van der Waals surface area contributed by atoms with Crippen LogP contribution in [-0.2, 0) is 21.9 Å². The largest absolute Gasteiger partial charge is 0.419 e. The Hall–Kier alpha value is -2.13. The second kappa shape index (κ2) is 8.19. The summed E-state index contributed by atoms with van der Waals surface area (Å²) < 4.78 is 34.1. The molecule has 1 amide bonds. The van der Waals surface area contributed by atoms with Gasteiger partial charge in [0.1, 0.15) is 0 Å². The fourth-order valence-corrected chi connectivity index (χ4v) is 6.20. The molecule has 2 saturated heterocycles. The number of fused-ring (bicyclic) bond motifs is 1. The second-order valence-electron chi connectivity index (χ2n) is 8.32. The molecule has 2 fully saturated rings. The van der Waals surface area contributed by atoms with Crippen LogP contribution in [0.5, 0.6) is 0 Å². The molecule has 0 N–H and O–H groups in total. The fourth-order valence-electron chi connectivity index (χ4n) is 4.72. The van der Waals surface area contributed by atoms with Crippen molar-refractivity contribution < 1.29 is 17.6 Å². The Morgan fingerprint density at radius 2 is 1.87 bits per heavy atom. The van der Waals surface area contributed by atoms with Crippen molar-refractivity contribution in [3.8, 4) is 0 Å². The van der Waals surface area contributed by atoms with Gasteiger partial charge in [0.15, 0.2) is 5.58 Å². The van der Waals surface area contributed by atoms with E-state index in [1.54, 1.807) is 13.1 Å². The topological polar surface area (TPSA) is 92.8 Å². The quantitative estimate of drug-likeness (QED) is 0.735. The first-order chi connectivity index (χ1) is 14.3. The summed E-state index contributed by atoms with van der Waals surface area (Å²) in [7, 11) is -2.13. The van der Waals surface area contributed by atoms with E-state index in [9.17, 15) is 18.0 Å². The molecule has 8 nitrogen and oxygen atoms in total. The number of benzene rings is 1.